The van der Waals surface area contributed by atoms with Crippen LogP contribution in [-0.4, -0.2) is 17.7 Å². The minimum absolute atomic E-state index is 0.684. The molecule has 1 N–H and O–H groups in total. The van der Waals surface area contributed by atoms with E-state index in [1.807, 2.05) is 12.1 Å². The van der Waals surface area contributed by atoms with Crippen molar-refractivity contribution in [1.29, 1.82) is 0 Å². The summed E-state index contributed by atoms with van der Waals surface area (Å²) >= 11 is 0. The zero-order chi connectivity index (χ0) is 17.5. The Bertz CT molecular complexity index is 508. The molecule has 0 aliphatic carbocycles. The lowest BCUT2D eigenvalue weighted by atomic mass is 10.1. The molecule has 0 amide bonds. The second kappa shape index (κ2) is 13.5. The number of aliphatic carboxylic acids is 1. The minimum Gasteiger partial charge on any atom is -0.494 e. The maximum absolute atomic E-state index is 10.4. The van der Waals surface area contributed by atoms with Crippen molar-refractivity contribution in [2.45, 2.75) is 71.1 Å². The van der Waals surface area contributed by atoms with Crippen LogP contribution in [0.2, 0.25) is 0 Å². The zero-order valence-electron chi connectivity index (χ0n) is 14.9. The third-order valence-electron chi connectivity index (χ3n) is 3.93. The molecule has 0 aromatic heterocycles. The Morgan fingerprint density at radius 3 is 2.00 bits per heavy atom. The molecule has 1 aromatic carbocycles. The Morgan fingerprint density at radius 1 is 0.917 bits per heavy atom. The molecule has 0 atom stereocenters. The maximum atomic E-state index is 10.4. The molecule has 24 heavy (non-hydrogen) atoms. The lowest BCUT2D eigenvalue weighted by molar-refractivity contribution is -0.130. The van der Waals surface area contributed by atoms with Gasteiger partial charge in [-0.3, -0.25) is 0 Å². The average Bonchev–Trinajstić information content (AvgIpc) is 2.59. The second-order valence-electron chi connectivity index (χ2n) is 6.11. The van der Waals surface area contributed by atoms with Crippen molar-refractivity contribution in [3.8, 4) is 17.6 Å². The number of unbranched alkanes of at least 4 members (excludes halogenated alkanes) is 9. The van der Waals surface area contributed by atoms with E-state index in [2.05, 4.69) is 18.8 Å². The van der Waals surface area contributed by atoms with Gasteiger partial charge in [-0.25, -0.2) is 4.79 Å². The van der Waals surface area contributed by atoms with Crippen LogP contribution in [0.5, 0.6) is 5.75 Å². The van der Waals surface area contributed by atoms with Gasteiger partial charge in [0.05, 0.1) is 6.61 Å². The van der Waals surface area contributed by atoms with Crippen molar-refractivity contribution in [3.05, 3.63) is 29.8 Å². The van der Waals surface area contributed by atoms with Crippen molar-refractivity contribution < 1.29 is 14.6 Å². The molecule has 0 heterocycles. The first-order valence-electron chi connectivity index (χ1n) is 9.20. The Kier molecular flexibility index (Phi) is 11.3. The van der Waals surface area contributed by atoms with E-state index in [0.29, 0.717) is 5.56 Å². The number of carboxylic acids is 1. The molecule has 0 fully saturated rings. The molecule has 0 unspecified atom stereocenters. The fraction of sp³-hybridized carbons (Fsp3) is 0.571. The van der Waals surface area contributed by atoms with Crippen LogP contribution in [0.25, 0.3) is 0 Å². The monoisotopic (exact) mass is 330 g/mol. The van der Waals surface area contributed by atoms with Gasteiger partial charge in [-0.15, -0.1) is 0 Å². The Morgan fingerprint density at radius 2 is 1.46 bits per heavy atom. The van der Waals surface area contributed by atoms with E-state index in [0.717, 1.165) is 18.8 Å². The molecule has 0 aliphatic heterocycles. The van der Waals surface area contributed by atoms with Gasteiger partial charge in [-0.05, 0) is 30.7 Å². The van der Waals surface area contributed by atoms with Gasteiger partial charge in [-0.1, -0.05) is 70.6 Å². The van der Waals surface area contributed by atoms with Crippen molar-refractivity contribution >= 4 is 5.97 Å². The predicted molar refractivity (Wildman–Crippen MR) is 98.3 cm³/mol. The second-order valence-corrected chi connectivity index (χ2v) is 6.11. The highest BCUT2D eigenvalue weighted by atomic mass is 16.5. The first kappa shape index (κ1) is 20.1. The lowest BCUT2D eigenvalue weighted by Gasteiger charge is -2.06. The molecule has 3 heteroatoms. The van der Waals surface area contributed by atoms with E-state index < -0.39 is 5.97 Å². The smallest absolute Gasteiger partial charge is 0.382 e. The van der Waals surface area contributed by atoms with Gasteiger partial charge >= 0.3 is 5.97 Å². The number of carbonyl (C=O) groups is 1. The fourth-order valence-corrected chi connectivity index (χ4v) is 2.54. The third-order valence-corrected chi connectivity index (χ3v) is 3.93. The standard InChI is InChI=1S/C21H30O3/c1-2-3-4-5-6-7-8-9-10-11-18-24-20-15-12-19(13-16-20)14-17-21(22)23/h12-13,15-16H,2-11,18H2,1H3,(H,22,23). The van der Waals surface area contributed by atoms with Crippen LogP contribution in [0, 0.1) is 11.8 Å². The Labute approximate surface area is 146 Å². The molecule has 1 rings (SSSR count). The van der Waals surface area contributed by atoms with Gasteiger partial charge in [0.2, 0.25) is 0 Å². The van der Waals surface area contributed by atoms with Gasteiger partial charge in [-0.2, -0.15) is 0 Å². The van der Waals surface area contributed by atoms with E-state index >= 15 is 0 Å². The van der Waals surface area contributed by atoms with Crippen LogP contribution in [0.3, 0.4) is 0 Å². The van der Waals surface area contributed by atoms with E-state index in [1.165, 1.54) is 57.8 Å². The summed E-state index contributed by atoms with van der Waals surface area (Å²) in [5.74, 6) is 4.37. The number of rotatable bonds is 12. The van der Waals surface area contributed by atoms with E-state index in [-0.39, 0.29) is 0 Å². The van der Waals surface area contributed by atoms with Crippen LogP contribution < -0.4 is 4.74 Å². The highest BCUT2D eigenvalue weighted by Crippen LogP contribution is 2.13. The SMILES string of the molecule is CCCCCCCCCCCCOc1ccc(C#CC(=O)O)cc1. The third kappa shape index (κ3) is 10.7. The van der Waals surface area contributed by atoms with Gasteiger partial charge in [0.1, 0.15) is 5.75 Å². The quantitative estimate of drug-likeness (QED) is 0.411. The van der Waals surface area contributed by atoms with Gasteiger partial charge < -0.3 is 9.84 Å². The molecule has 0 aliphatic rings. The first-order chi connectivity index (χ1) is 11.7. The largest absolute Gasteiger partial charge is 0.494 e. The fourth-order valence-electron chi connectivity index (χ4n) is 2.54. The molecule has 0 bridgehead atoms. The summed E-state index contributed by atoms with van der Waals surface area (Å²) in [4.78, 5) is 10.4. The topological polar surface area (TPSA) is 46.5 Å². The van der Waals surface area contributed by atoms with Crippen molar-refractivity contribution in [2.24, 2.45) is 0 Å². The first-order valence-corrected chi connectivity index (χ1v) is 9.20. The zero-order valence-corrected chi connectivity index (χ0v) is 14.9. The number of hydrogen-bond donors (Lipinski definition) is 1. The highest BCUT2D eigenvalue weighted by Gasteiger charge is 1.96. The summed E-state index contributed by atoms with van der Waals surface area (Å²) in [5, 5.41) is 8.50. The maximum Gasteiger partial charge on any atom is 0.382 e. The summed E-state index contributed by atoms with van der Waals surface area (Å²) in [5.41, 5.74) is 0.684. The molecular formula is C21H30O3. The van der Waals surface area contributed by atoms with E-state index in [4.69, 9.17) is 9.84 Å². The van der Waals surface area contributed by atoms with Crippen molar-refractivity contribution in [3.63, 3.8) is 0 Å². The number of carboxylic acid groups (broad SMARTS) is 1. The molecule has 0 spiro atoms. The molecule has 0 radical (unpaired) electrons. The minimum atomic E-state index is -1.11. The van der Waals surface area contributed by atoms with Crippen molar-refractivity contribution in [2.75, 3.05) is 6.61 Å². The Balaban J connectivity index is 2.01. The summed E-state index contributed by atoms with van der Waals surface area (Å²) in [6.07, 6.45) is 13.2. The number of benzene rings is 1. The normalized spacial score (nSPS) is 10.0. The highest BCUT2D eigenvalue weighted by molar-refractivity contribution is 5.87. The number of ether oxygens (including phenoxy) is 1. The lowest BCUT2D eigenvalue weighted by Crippen LogP contribution is -1.97. The summed E-state index contributed by atoms with van der Waals surface area (Å²) in [6, 6.07) is 7.23. The molecule has 0 saturated carbocycles. The van der Waals surface area contributed by atoms with Crippen LogP contribution >= 0.6 is 0 Å². The van der Waals surface area contributed by atoms with Crippen LogP contribution in [0.15, 0.2) is 24.3 Å². The average molecular weight is 330 g/mol. The summed E-state index contributed by atoms with van der Waals surface area (Å²) in [6.45, 7) is 2.99. The van der Waals surface area contributed by atoms with Gasteiger partial charge in [0.15, 0.2) is 0 Å². The number of hydrogen-bond acceptors (Lipinski definition) is 2. The molecular weight excluding hydrogens is 300 g/mol. The van der Waals surface area contributed by atoms with E-state index in [1.54, 1.807) is 12.1 Å². The van der Waals surface area contributed by atoms with Crippen molar-refractivity contribution in [1.82, 2.24) is 0 Å². The van der Waals surface area contributed by atoms with Gasteiger partial charge in [0.25, 0.3) is 0 Å². The Hall–Kier alpha value is -1.95. The molecule has 0 saturated heterocycles. The van der Waals surface area contributed by atoms with Crippen LogP contribution in [0.4, 0.5) is 0 Å². The van der Waals surface area contributed by atoms with E-state index in [9.17, 15) is 4.79 Å². The van der Waals surface area contributed by atoms with Gasteiger partial charge in [0, 0.05) is 11.5 Å². The van der Waals surface area contributed by atoms with Crippen LogP contribution in [-0.2, 0) is 4.79 Å². The molecule has 3 nitrogen and oxygen atoms in total. The molecule has 132 valence electrons. The summed E-state index contributed by atoms with van der Waals surface area (Å²) < 4.78 is 5.69. The molecule has 1 aromatic rings. The predicted octanol–water partition coefficient (Wildman–Crippen LogP) is 5.42. The summed E-state index contributed by atoms with van der Waals surface area (Å²) in [7, 11) is 0. The van der Waals surface area contributed by atoms with Crippen LogP contribution in [0.1, 0.15) is 76.7 Å².